The second-order valence-electron chi connectivity index (χ2n) is 4.86. The van der Waals surface area contributed by atoms with Crippen LogP contribution in [0.25, 0.3) is 0 Å². The molecule has 0 aliphatic carbocycles. The zero-order chi connectivity index (χ0) is 16.3. The molecule has 0 N–H and O–H groups in total. The first-order valence-corrected chi connectivity index (χ1v) is 8.10. The van der Waals surface area contributed by atoms with Gasteiger partial charge in [0, 0.05) is 17.0 Å². The SMILES string of the molecule is COc1ccc(C(=O)CSc2nc(C)c(C)c(C)n2)cc1Cl. The van der Waals surface area contributed by atoms with Gasteiger partial charge in [0.25, 0.3) is 0 Å². The van der Waals surface area contributed by atoms with Crippen LogP contribution in [-0.2, 0) is 0 Å². The Labute approximate surface area is 139 Å². The number of carbonyl (C=O) groups excluding carboxylic acids is 1. The number of hydrogen-bond donors (Lipinski definition) is 0. The maximum atomic E-state index is 12.2. The Kier molecular flexibility index (Phi) is 5.42. The van der Waals surface area contributed by atoms with Crippen molar-refractivity contribution < 1.29 is 9.53 Å². The van der Waals surface area contributed by atoms with Crippen molar-refractivity contribution in [2.24, 2.45) is 0 Å². The van der Waals surface area contributed by atoms with Crippen molar-refractivity contribution in [2.45, 2.75) is 25.9 Å². The number of thioether (sulfide) groups is 1. The quantitative estimate of drug-likeness (QED) is 0.468. The Morgan fingerprint density at radius 3 is 2.41 bits per heavy atom. The summed E-state index contributed by atoms with van der Waals surface area (Å²) in [4.78, 5) is 21.0. The highest BCUT2D eigenvalue weighted by Gasteiger charge is 2.12. The largest absolute Gasteiger partial charge is 0.495 e. The summed E-state index contributed by atoms with van der Waals surface area (Å²) in [6.45, 7) is 5.88. The highest BCUT2D eigenvalue weighted by atomic mass is 35.5. The zero-order valence-electron chi connectivity index (χ0n) is 12.9. The maximum absolute atomic E-state index is 12.2. The lowest BCUT2D eigenvalue weighted by Crippen LogP contribution is -2.05. The van der Waals surface area contributed by atoms with Crippen LogP contribution < -0.4 is 4.74 Å². The van der Waals surface area contributed by atoms with E-state index in [2.05, 4.69) is 9.97 Å². The number of ether oxygens (including phenoxy) is 1. The van der Waals surface area contributed by atoms with Crippen LogP contribution in [0.5, 0.6) is 5.75 Å². The number of halogens is 1. The van der Waals surface area contributed by atoms with Crippen molar-refractivity contribution in [3.05, 3.63) is 45.7 Å². The number of ketones is 1. The summed E-state index contributed by atoms with van der Waals surface area (Å²) in [6, 6.07) is 5.02. The summed E-state index contributed by atoms with van der Waals surface area (Å²) in [5.41, 5.74) is 3.52. The summed E-state index contributed by atoms with van der Waals surface area (Å²) < 4.78 is 5.08. The summed E-state index contributed by atoms with van der Waals surface area (Å²) in [5, 5.41) is 1.05. The van der Waals surface area contributed by atoms with Crippen LogP contribution in [0.1, 0.15) is 27.3 Å². The molecule has 0 saturated heterocycles. The molecule has 1 heterocycles. The van der Waals surface area contributed by atoms with Gasteiger partial charge in [-0.2, -0.15) is 0 Å². The van der Waals surface area contributed by atoms with Gasteiger partial charge in [-0.15, -0.1) is 0 Å². The normalized spacial score (nSPS) is 10.6. The van der Waals surface area contributed by atoms with Crippen molar-refractivity contribution in [3.8, 4) is 5.75 Å². The lowest BCUT2D eigenvalue weighted by atomic mass is 10.1. The number of nitrogens with zero attached hydrogens (tertiary/aromatic N) is 2. The molecule has 116 valence electrons. The van der Waals surface area contributed by atoms with Gasteiger partial charge in [0.05, 0.1) is 17.9 Å². The van der Waals surface area contributed by atoms with Crippen molar-refractivity contribution in [3.63, 3.8) is 0 Å². The minimum Gasteiger partial charge on any atom is -0.495 e. The van der Waals surface area contributed by atoms with Gasteiger partial charge in [-0.25, -0.2) is 9.97 Å². The maximum Gasteiger partial charge on any atom is 0.188 e. The summed E-state index contributed by atoms with van der Waals surface area (Å²) in [6.07, 6.45) is 0. The van der Waals surface area contributed by atoms with Gasteiger partial charge in [0.1, 0.15) is 5.75 Å². The van der Waals surface area contributed by atoms with Gasteiger partial charge in [0.15, 0.2) is 10.9 Å². The second-order valence-corrected chi connectivity index (χ2v) is 6.21. The topological polar surface area (TPSA) is 52.1 Å². The molecule has 4 nitrogen and oxygen atoms in total. The van der Waals surface area contributed by atoms with Gasteiger partial charge in [-0.05, 0) is 44.5 Å². The Hall–Kier alpha value is -1.59. The molecule has 2 aromatic rings. The summed E-state index contributed by atoms with van der Waals surface area (Å²) in [7, 11) is 1.54. The van der Waals surface area contributed by atoms with Crippen LogP contribution in [0.2, 0.25) is 5.02 Å². The van der Waals surface area contributed by atoms with E-state index in [-0.39, 0.29) is 11.5 Å². The van der Waals surface area contributed by atoms with E-state index in [0.29, 0.717) is 21.5 Å². The van der Waals surface area contributed by atoms with Crippen molar-refractivity contribution in [2.75, 3.05) is 12.9 Å². The highest BCUT2D eigenvalue weighted by molar-refractivity contribution is 7.99. The number of aryl methyl sites for hydroxylation is 2. The van der Waals surface area contributed by atoms with Gasteiger partial charge in [-0.3, -0.25) is 4.79 Å². The molecule has 0 amide bonds. The summed E-state index contributed by atoms with van der Waals surface area (Å²) in [5.74, 6) is 0.804. The van der Waals surface area contributed by atoms with E-state index in [1.807, 2.05) is 20.8 Å². The lowest BCUT2D eigenvalue weighted by Gasteiger charge is -2.07. The van der Waals surface area contributed by atoms with E-state index >= 15 is 0 Å². The van der Waals surface area contributed by atoms with Crippen LogP contribution in [0.3, 0.4) is 0 Å². The van der Waals surface area contributed by atoms with Crippen molar-refractivity contribution in [1.29, 1.82) is 0 Å². The van der Waals surface area contributed by atoms with Gasteiger partial charge >= 0.3 is 0 Å². The van der Waals surface area contributed by atoms with Crippen LogP contribution in [0.15, 0.2) is 23.4 Å². The molecule has 0 aliphatic heterocycles. The smallest absolute Gasteiger partial charge is 0.188 e. The predicted molar refractivity (Wildman–Crippen MR) is 89.3 cm³/mol. The standard InChI is InChI=1S/C16H17ClN2O2S/c1-9-10(2)18-16(19-11(9)3)22-8-14(20)12-5-6-15(21-4)13(17)7-12/h5-7H,8H2,1-4H3. The van der Waals surface area contributed by atoms with Gasteiger partial charge < -0.3 is 4.74 Å². The van der Waals surface area contributed by atoms with E-state index in [1.54, 1.807) is 18.2 Å². The molecule has 0 fully saturated rings. The van der Waals surface area contributed by atoms with Crippen LogP contribution in [-0.4, -0.2) is 28.6 Å². The first-order valence-electron chi connectivity index (χ1n) is 6.73. The number of rotatable bonds is 5. The number of Topliss-reactive ketones (excluding diaryl/α,β-unsaturated/α-hetero) is 1. The molecule has 1 aromatic heterocycles. The first-order chi connectivity index (χ1) is 10.4. The average Bonchev–Trinajstić information content (AvgIpc) is 2.49. The monoisotopic (exact) mass is 336 g/mol. The number of benzene rings is 1. The molecule has 0 bridgehead atoms. The van der Waals surface area contributed by atoms with E-state index in [1.165, 1.54) is 18.9 Å². The number of methoxy groups -OCH3 is 1. The Morgan fingerprint density at radius 1 is 1.23 bits per heavy atom. The first kappa shape index (κ1) is 16.8. The number of carbonyl (C=O) groups is 1. The van der Waals surface area contributed by atoms with Crippen LogP contribution in [0, 0.1) is 20.8 Å². The van der Waals surface area contributed by atoms with E-state index in [9.17, 15) is 4.79 Å². The minimum atomic E-state index is -0.0194. The van der Waals surface area contributed by atoms with E-state index < -0.39 is 0 Å². The molecule has 22 heavy (non-hydrogen) atoms. The third-order valence-corrected chi connectivity index (χ3v) is 4.56. The Bertz CT molecular complexity index is 696. The summed E-state index contributed by atoms with van der Waals surface area (Å²) >= 11 is 7.37. The average molecular weight is 337 g/mol. The molecule has 0 aliphatic rings. The zero-order valence-corrected chi connectivity index (χ0v) is 14.5. The third kappa shape index (κ3) is 3.78. The molecule has 0 saturated carbocycles. The fourth-order valence-corrected chi connectivity index (χ4v) is 2.95. The molecule has 0 atom stereocenters. The second kappa shape index (κ2) is 7.11. The molecule has 0 radical (unpaired) electrons. The molecule has 2 rings (SSSR count). The molecular weight excluding hydrogens is 320 g/mol. The molecular formula is C16H17ClN2O2S. The third-order valence-electron chi connectivity index (χ3n) is 3.42. The highest BCUT2D eigenvalue weighted by Crippen LogP contribution is 2.26. The van der Waals surface area contributed by atoms with Gasteiger partial charge in [0.2, 0.25) is 0 Å². The molecule has 0 spiro atoms. The number of hydrogen-bond acceptors (Lipinski definition) is 5. The molecule has 0 unspecified atom stereocenters. The van der Waals surface area contributed by atoms with Crippen molar-refractivity contribution >= 4 is 29.1 Å². The van der Waals surface area contributed by atoms with Crippen LogP contribution in [0.4, 0.5) is 0 Å². The van der Waals surface area contributed by atoms with E-state index in [0.717, 1.165) is 17.0 Å². The minimum absolute atomic E-state index is 0.0194. The lowest BCUT2D eigenvalue weighted by molar-refractivity contribution is 0.102. The fourth-order valence-electron chi connectivity index (χ4n) is 1.86. The van der Waals surface area contributed by atoms with Crippen molar-refractivity contribution in [1.82, 2.24) is 9.97 Å². The van der Waals surface area contributed by atoms with E-state index in [4.69, 9.17) is 16.3 Å². The predicted octanol–water partition coefficient (Wildman–Crippen LogP) is 4.04. The Morgan fingerprint density at radius 2 is 1.86 bits per heavy atom. The van der Waals surface area contributed by atoms with Gasteiger partial charge in [-0.1, -0.05) is 23.4 Å². The van der Waals surface area contributed by atoms with Crippen LogP contribution >= 0.6 is 23.4 Å². The molecule has 1 aromatic carbocycles. The fraction of sp³-hybridized carbons (Fsp3) is 0.312. The Balaban J connectivity index is 2.08. The number of aromatic nitrogens is 2. The molecule has 6 heteroatoms.